The smallest absolute Gasteiger partial charge is 0.404 e. The normalized spacial score (nSPS) is 14.3. The standard InChI is InChI=1S/C9H16F3NO2/c1-3-4-5-13(2)7(6-8(14)15)9(10,11)12/h7H,3-6H2,1-2H3,(H,14,15). The first kappa shape index (κ1) is 14.2. The summed E-state index contributed by atoms with van der Waals surface area (Å²) in [5.74, 6) is -1.43. The van der Waals surface area contributed by atoms with Crippen molar-refractivity contribution in [1.82, 2.24) is 4.90 Å². The molecule has 0 aromatic rings. The van der Waals surface area contributed by atoms with Gasteiger partial charge in [-0.05, 0) is 20.0 Å². The van der Waals surface area contributed by atoms with Crippen molar-refractivity contribution in [3.05, 3.63) is 0 Å². The molecule has 0 fully saturated rings. The van der Waals surface area contributed by atoms with Crippen molar-refractivity contribution in [1.29, 1.82) is 0 Å². The second-order valence-corrected chi connectivity index (χ2v) is 3.49. The molecular formula is C9H16F3NO2. The third-order valence-electron chi connectivity index (χ3n) is 2.14. The molecule has 6 heteroatoms. The predicted molar refractivity (Wildman–Crippen MR) is 49.6 cm³/mol. The maximum absolute atomic E-state index is 12.5. The van der Waals surface area contributed by atoms with E-state index in [4.69, 9.17) is 5.11 Å². The lowest BCUT2D eigenvalue weighted by Crippen LogP contribution is -2.45. The summed E-state index contributed by atoms with van der Waals surface area (Å²) in [6, 6.07) is -1.89. The topological polar surface area (TPSA) is 40.5 Å². The van der Waals surface area contributed by atoms with Crippen LogP contribution in [-0.4, -0.2) is 41.8 Å². The van der Waals surface area contributed by atoms with E-state index in [1.807, 2.05) is 6.92 Å². The number of carbonyl (C=O) groups is 1. The molecule has 0 rings (SSSR count). The quantitative estimate of drug-likeness (QED) is 0.755. The molecule has 0 bridgehead atoms. The number of rotatable bonds is 6. The molecule has 0 heterocycles. The average Bonchev–Trinajstić information content (AvgIpc) is 2.08. The summed E-state index contributed by atoms with van der Waals surface area (Å²) >= 11 is 0. The lowest BCUT2D eigenvalue weighted by Gasteiger charge is -2.28. The highest BCUT2D eigenvalue weighted by Gasteiger charge is 2.43. The van der Waals surface area contributed by atoms with Crippen LogP contribution in [0.1, 0.15) is 26.2 Å². The second-order valence-electron chi connectivity index (χ2n) is 3.49. The summed E-state index contributed by atoms with van der Waals surface area (Å²) in [5.41, 5.74) is 0. The monoisotopic (exact) mass is 227 g/mol. The molecule has 15 heavy (non-hydrogen) atoms. The van der Waals surface area contributed by atoms with E-state index >= 15 is 0 Å². The third kappa shape index (κ3) is 5.61. The van der Waals surface area contributed by atoms with E-state index in [0.29, 0.717) is 6.42 Å². The Morgan fingerprint density at radius 1 is 1.47 bits per heavy atom. The molecule has 0 aliphatic rings. The Hall–Kier alpha value is -0.780. The van der Waals surface area contributed by atoms with Crippen molar-refractivity contribution < 1.29 is 23.1 Å². The minimum Gasteiger partial charge on any atom is -0.481 e. The molecule has 90 valence electrons. The highest BCUT2D eigenvalue weighted by Crippen LogP contribution is 2.26. The van der Waals surface area contributed by atoms with E-state index in [9.17, 15) is 18.0 Å². The fourth-order valence-electron chi connectivity index (χ4n) is 1.25. The van der Waals surface area contributed by atoms with Crippen molar-refractivity contribution in [2.24, 2.45) is 0 Å². The summed E-state index contributed by atoms with van der Waals surface area (Å²) < 4.78 is 37.4. The molecule has 0 aromatic carbocycles. The molecule has 3 nitrogen and oxygen atoms in total. The zero-order chi connectivity index (χ0) is 12.1. The Labute approximate surface area is 86.9 Å². The number of alkyl halides is 3. The minimum atomic E-state index is -4.49. The van der Waals surface area contributed by atoms with Gasteiger partial charge >= 0.3 is 12.1 Å². The van der Waals surface area contributed by atoms with Crippen molar-refractivity contribution in [3.63, 3.8) is 0 Å². The summed E-state index contributed by atoms with van der Waals surface area (Å²) in [4.78, 5) is 11.4. The summed E-state index contributed by atoms with van der Waals surface area (Å²) in [6.07, 6.45) is -3.98. The van der Waals surface area contributed by atoms with E-state index < -0.39 is 24.6 Å². The number of halogens is 3. The first-order chi connectivity index (χ1) is 6.79. The Bertz CT molecular complexity index is 206. The van der Waals surface area contributed by atoms with Crippen LogP contribution < -0.4 is 0 Å². The minimum absolute atomic E-state index is 0.258. The van der Waals surface area contributed by atoms with Crippen LogP contribution in [-0.2, 0) is 4.79 Å². The Kier molecular flexibility index (Phi) is 5.64. The third-order valence-corrected chi connectivity index (χ3v) is 2.14. The van der Waals surface area contributed by atoms with E-state index in [2.05, 4.69) is 0 Å². The van der Waals surface area contributed by atoms with Gasteiger partial charge in [0.1, 0.15) is 6.04 Å². The van der Waals surface area contributed by atoms with Gasteiger partial charge in [0.2, 0.25) is 0 Å². The van der Waals surface area contributed by atoms with Gasteiger partial charge in [-0.1, -0.05) is 13.3 Å². The van der Waals surface area contributed by atoms with Crippen molar-refractivity contribution >= 4 is 5.97 Å². The molecule has 0 aliphatic carbocycles. The predicted octanol–water partition coefficient (Wildman–Crippen LogP) is 2.12. The molecule has 0 saturated carbocycles. The van der Waals surface area contributed by atoms with E-state index in [0.717, 1.165) is 11.3 Å². The zero-order valence-electron chi connectivity index (χ0n) is 8.84. The summed E-state index contributed by atoms with van der Waals surface area (Å²) in [7, 11) is 1.30. The molecule has 1 unspecified atom stereocenters. The van der Waals surface area contributed by atoms with Crippen LogP contribution in [0.3, 0.4) is 0 Å². The number of aliphatic carboxylic acids is 1. The van der Waals surface area contributed by atoms with E-state index in [1.165, 1.54) is 7.05 Å². The molecule has 1 atom stereocenters. The lowest BCUT2D eigenvalue weighted by atomic mass is 10.1. The van der Waals surface area contributed by atoms with E-state index in [-0.39, 0.29) is 6.54 Å². The van der Waals surface area contributed by atoms with Gasteiger partial charge in [-0.3, -0.25) is 9.69 Å². The largest absolute Gasteiger partial charge is 0.481 e. The first-order valence-electron chi connectivity index (χ1n) is 4.77. The van der Waals surface area contributed by atoms with E-state index in [1.54, 1.807) is 0 Å². The number of hydrogen-bond acceptors (Lipinski definition) is 2. The van der Waals surface area contributed by atoms with Crippen molar-refractivity contribution in [2.75, 3.05) is 13.6 Å². The molecule has 0 saturated heterocycles. The SMILES string of the molecule is CCCCN(C)C(CC(=O)O)C(F)(F)F. The maximum atomic E-state index is 12.5. The maximum Gasteiger partial charge on any atom is 0.404 e. The molecule has 0 aliphatic heterocycles. The van der Waals surface area contributed by atoms with Gasteiger partial charge in [-0.25, -0.2) is 0 Å². The van der Waals surface area contributed by atoms with Gasteiger partial charge in [0, 0.05) is 0 Å². The van der Waals surface area contributed by atoms with Gasteiger partial charge in [0.25, 0.3) is 0 Å². The lowest BCUT2D eigenvalue weighted by molar-refractivity contribution is -0.187. The highest BCUT2D eigenvalue weighted by atomic mass is 19.4. The second kappa shape index (κ2) is 5.95. The number of nitrogens with zero attached hydrogens (tertiary/aromatic N) is 1. The molecule has 0 spiro atoms. The molecular weight excluding hydrogens is 211 g/mol. The van der Waals surface area contributed by atoms with Crippen LogP contribution in [0.25, 0.3) is 0 Å². The van der Waals surface area contributed by atoms with Gasteiger partial charge in [-0.2, -0.15) is 13.2 Å². The summed E-state index contributed by atoms with van der Waals surface area (Å²) in [5, 5.41) is 8.39. The van der Waals surface area contributed by atoms with Crippen LogP contribution in [0.4, 0.5) is 13.2 Å². The fraction of sp³-hybridized carbons (Fsp3) is 0.889. The molecule has 0 amide bonds. The number of carboxylic acid groups (broad SMARTS) is 1. The zero-order valence-corrected chi connectivity index (χ0v) is 8.84. The first-order valence-corrected chi connectivity index (χ1v) is 4.77. The molecule has 1 N–H and O–H groups in total. The van der Waals surface area contributed by atoms with Crippen LogP contribution in [0.5, 0.6) is 0 Å². The van der Waals surface area contributed by atoms with Gasteiger partial charge in [0.15, 0.2) is 0 Å². The number of hydrogen-bond donors (Lipinski definition) is 1. The summed E-state index contributed by atoms with van der Waals surface area (Å²) in [6.45, 7) is 2.13. The average molecular weight is 227 g/mol. The van der Waals surface area contributed by atoms with Crippen molar-refractivity contribution in [2.45, 2.75) is 38.4 Å². The Balaban J connectivity index is 4.41. The number of carboxylic acids is 1. The van der Waals surface area contributed by atoms with Crippen LogP contribution in [0, 0.1) is 0 Å². The van der Waals surface area contributed by atoms with Crippen molar-refractivity contribution in [3.8, 4) is 0 Å². The van der Waals surface area contributed by atoms with Crippen LogP contribution in [0.2, 0.25) is 0 Å². The Morgan fingerprint density at radius 3 is 2.33 bits per heavy atom. The Morgan fingerprint density at radius 2 is 2.00 bits per heavy atom. The van der Waals surface area contributed by atoms with Gasteiger partial charge in [0.05, 0.1) is 6.42 Å². The highest BCUT2D eigenvalue weighted by molar-refractivity contribution is 5.67. The number of unbranched alkanes of at least 4 members (excludes halogenated alkanes) is 1. The van der Waals surface area contributed by atoms with Crippen LogP contribution >= 0.6 is 0 Å². The molecule has 0 radical (unpaired) electrons. The van der Waals surface area contributed by atoms with Gasteiger partial charge < -0.3 is 5.11 Å². The van der Waals surface area contributed by atoms with Gasteiger partial charge in [-0.15, -0.1) is 0 Å². The van der Waals surface area contributed by atoms with Crippen LogP contribution in [0.15, 0.2) is 0 Å². The fourth-order valence-corrected chi connectivity index (χ4v) is 1.25. The molecule has 0 aromatic heterocycles.